The molecule has 0 amide bonds. The molecule has 1 saturated heterocycles. The second-order valence-electron chi connectivity index (χ2n) is 7.23. The molecule has 1 aliphatic rings. The highest BCUT2D eigenvalue weighted by Crippen LogP contribution is 2.21. The molecule has 2 N–H and O–H groups in total. The number of aromatic nitrogens is 2. The van der Waals surface area contributed by atoms with E-state index in [2.05, 4.69) is 56.6 Å². The number of piperidine rings is 1. The summed E-state index contributed by atoms with van der Waals surface area (Å²) in [5.41, 5.74) is 2.13. The minimum absolute atomic E-state index is 0.104. The summed E-state index contributed by atoms with van der Waals surface area (Å²) >= 11 is 0. The highest BCUT2D eigenvalue weighted by atomic mass is 16.3. The first-order chi connectivity index (χ1) is 13.3. The Hall–Kier alpha value is -2.34. The molecule has 0 bridgehead atoms. The van der Waals surface area contributed by atoms with Crippen LogP contribution in [0.1, 0.15) is 18.4 Å². The molecule has 1 aromatic heterocycles. The molecule has 2 heterocycles. The van der Waals surface area contributed by atoms with E-state index in [9.17, 15) is 5.11 Å². The maximum atomic E-state index is 9.55. The molecular formula is C22H26N4O. The van der Waals surface area contributed by atoms with E-state index in [1.165, 1.54) is 10.8 Å². The first-order valence-electron chi connectivity index (χ1n) is 9.69. The second-order valence-corrected chi connectivity index (χ2v) is 7.23. The molecule has 4 rings (SSSR count). The van der Waals surface area contributed by atoms with Crippen LogP contribution in [0, 0.1) is 0 Å². The third-order valence-corrected chi connectivity index (χ3v) is 5.20. The lowest BCUT2D eigenvalue weighted by molar-refractivity contribution is 0.0830. The van der Waals surface area contributed by atoms with E-state index in [4.69, 9.17) is 0 Å². The van der Waals surface area contributed by atoms with Crippen molar-refractivity contribution in [1.82, 2.24) is 20.2 Å². The Kier molecular flexibility index (Phi) is 5.72. The summed E-state index contributed by atoms with van der Waals surface area (Å²) < 4.78 is 0. The van der Waals surface area contributed by atoms with E-state index in [1.807, 2.05) is 18.5 Å². The van der Waals surface area contributed by atoms with Gasteiger partial charge in [-0.05, 0) is 29.7 Å². The van der Waals surface area contributed by atoms with Gasteiger partial charge in [-0.3, -0.25) is 0 Å². The molecule has 0 spiro atoms. The number of hydrogen-bond acceptors (Lipinski definition) is 5. The van der Waals surface area contributed by atoms with Gasteiger partial charge in [-0.2, -0.15) is 0 Å². The van der Waals surface area contributed by atoms with Crippen molar-refractivity contribution in [2.75, 3.05) is 26.2 Å². The van der Waals surface area contributed by atoms with Crippen LogP contribution in [0.25, 0.3) is 22.2 Å². The van der Waals surface area contributed by atoms with E-state index in [0.29, 0.717) is 0 Å². The molecule has 1 fully saturated rings. The second kappa shape index (κ2) is 8.57. The van der Waals surface area contributed by atoms with E-state index < -0.39 is 0 Å². The summed E-state index contributed by atoms with van der Waals surface area (Å²) in [6.45, 7) is 4.71. The van der Waals surface area contributed by atoms with Gasteiger partial charge in [0.1, 0.15) is 0 Å². The van der Waals surface area contributed by atoms with Gasteiger partial charge in [0, 0.05) is 56.2 Å². The Balaban J connectivity index is 1.29. The number of likely N-dealkylation sites (tertiary alicyclic amines) is 1. The van der Waals surface area contributed by atoms with Crippen molar-refractivity contribution >= 4 is 10.8 Å². The molecule has 5 nitrogen and oxygen atoms in total. The molecule has 0 saturated carbocycles. The van der Waals surface area contributed by atoms with Crippen LogP contribution >= 0.6 is 0 Å². The molecule has 0 aliphatic carbocycles. The zero-order valence-electron chi connectivity index (χ0n) is 15.5. The van der Waals surface area contributed by atoms with Gasteiger partial charge < -0.3 is 15.3 Å². The molecule has 0 unspecified atom stereocenters. The van der Waals surface area contributed by atoms with Crippen molar-refractivity contribution in [1.29, 1.82) is 0 Å². The predicted octanol–water partition coefficient (Wildman–Crippen LogP) is 2.84. The first-order valence-corrected chi connectivity index (χ1v) is 9.69. The maximum absolute atomic E-state index is 9.55. The Morgan fingerprint density at radius 3 is 2.52 bits per heavy atom. The number of hydrogen-bond donors (Lipinski definition) is 2. The SMILES string of the molecule is OC1CCN(CCNCc2cnc(-c3ccc4ccccc4c3)nc2)CC1. The number of fused-ring (bicyclic) bond motifs is 1. The Bertz CT molecular complexity index is 873. The van der Waals surface area contributed by atoms with Gasteiger partial charge in [0.05, 0.1) is 6.10 Å². The number of nitrogens with one attached hydrogen (secondary N) is 1. The highest BCUT2D eigenvalue weighted by Gasteiger charge is 2.15. The van der Waals surface area contributed by atoms with Crippen molar-refractivity contribution in [2.24, 2.45) is 0 Å². The molecule has 1 aliphatic heterocycles. The van der Waals surface area contributed by atoms with Crippen LogP contribution in [-0.2, 0) is 6.54 Å². The monoisotopic (exact) mass is 362 g/mol. The van der Waals surface area contributed by atoms with Gasteiger partial charge in [-0.15, -0.1) is 0 Å². The summed E-state index contributed by atoms with van der Waals surface area (Å²) in [7, 11) is 0. The fourth-order valence-corrected chi connectivity index (χ4v) is 3.54. The predicted molar refractivity (Wildman–Crippen MR) is 108 cm³/mol. The quantitative estimate of drug-likeness (QED) is 0.660. The molecular weight excluding hydrogens is 336 g/mol. The minimum Gasteiger partial charge on any atom is -0.393 e. The number of rotatable bonds is 6. The standard InChI is InChI=1S/C22H26N4O/c27-21-7-10-26(11-8-21)12-9-23-14-17-15-24-22(25-16-17)20-6-5-18-3-1-2-4-19(18)13-20/h1-6,13,15-16,21,23,27H,7-12,14H2. The van der Waals surface area contributed by atoms with Crippen LogP contribution < -0.4 is 5.32 Å². The highest BCUT2D eigenvalue weighted by molar-refractivity contribution is 5.86. The maximum Gasteiger partial charge on any atom is 0.159 e. The fourth-order valence-electron chi connectivity index (χ4n) is 3.54. The lowest BCUT2D eigenvalue weighted by atomic mass is 10.1. The average Bonchev–Trinajstić information content (AvgIpc) is 2.72. The summed E-state index contributed by atoms with van der Waals surface area (Å²) in [5.74, 6) is 0.761. The van der Waals surface area contributed by atoms with Gasteiger partial charge in [0.2, 0.25) is 0 Å². The van der Waals surface area contributed by atoms with Crippen molar-refractivity contribution < 1.29 is 5.11 Å². The normalized spacial score (nSPS) is 16.0. The number of aliphatic hydroxyl groups is 1. The Morgan fingerprint density at radius 2 is 1.74 bits per heavy atom. The summed E-state index contributed by atoms with van der Waals surface area (Å²) in [6, 6.07) is 14.6. The molecule has 5 heteroatoms. The minimum atomic E-state index is -0.104. The van der Waals surface area contributed by atoms with Crippen molar-refractivity contribution in [2.45, 2.75) is 25.5 Å². The summed E-state index contributed by atoms with van der Waals surface area (Å²) in [4.78, 5) is 11.5. The van der Waals surface area contributed by atoms with Gasteiger partial charge in [0.25, 0.3) is 0 Å². The first kappa shape index (κ1) is 18.0. The molecule has 0 atom stereocenters. The topological polar surface area (TPSA) is 61.3 Å². The van der Waals surface area contributed by atoms with Gasteiger partial charge in [-0.25, -0.2) is 9.97 Å². The average molecular weight is 362 g/mol. The largest absolute Gasteiger partial charge is 0.393 e. The van der Waals surface area contributed by atoms with Crippen LogP contribution in [0.3, 0.4) is 0 Å². The third kappa shape index (κ3) is 4.69. The lowest BCUT2D eigenvalue weighted by Gasteiger charge is -2.29. The van der Waals surface area contributed by atoms with Gasteiger partial charge >= 0.3 is 0 Å². The zero-order chi connectivity index (χ0) is 18.5. The smallest absolute Gasteiger partial charge is 0.159 e. The number of aliphatic hydroxyl groups excluding tert-OH is 1. The lowest BCUT2D eigenvalue weighted by Crippen LogP contribution is -2.39. The van der Waals surface area contributed by atoms with E-state index in [-0.39, 0.29) is 6.10 Å². The molecule has 27 heavy (non-hydrogen) atoms. The fraction of sp³-hybridized carbons (Fsp3) is 0.364. The van der Waals surface area contributed by atoms with Crippen LogP contribution in [0.15, 0.2) is 54.9 Å². The molecule has 2 aromatic carbocycles. The summed E-state index contributed by atoms with van der Waals surface area (Å²) in [5, 5.41) is 15.4. The summed E-state index contributed by atoms with van der Waals surface area (Å²) in [6.07, 6.45) is 5.49. The van der Waals surface area contributed by atoms with E-state index in [0.717, 1.165) is 62.5 Å². The molecule has 3 aromatic rings. The zero-order valence-corrected chi connectivity index (χ0v) is 15.5. The Labute approximate surface area is 160 Å². The Morgan fingerprint density at radius 1 is 1.00 bits per heavy atom. The number of benzene rings is 2. The van der Waals surface area contributed by atoms with Crippen LogP contribution in [0.2, 0.25) is 0 Å². The number of nitrogens with zero attached hydrogens (tertiary/aromatic N) is 3. The van der Waals surface area contributed by atoms with Crippen LogP contribution in [0.5, 0.6) is 0 Å². The van der Waals surface area contributed by atoms with Gasteiger partial charge in [-0.1, -0.05) is 36.4 Å². The van der Waals surface area contributed by atoms with E-state index >= 15 is 0 Å². The van der Waals surface area contributed by atoms with Crippen molar-refractivity contribution in [3.63, 3.8) is 0 Å². The third-order valence-electron chi connectivity index (χ3n) is 5.20. The van der Waals surface area contributed by atoms with Crippen molar-refractivity contribution in [3.05, 3.63) is 60.4 Å². The van der Waals surface area contributed by atoms with Crippen LogP contribution in [0.4, 0.5) is 0 Å². The molecule has 0 radical (unpaired) electrons. The van der Waals surface area contributed by atoms with Gasteiger partial charge in [0.15, 0.2) is 5.82 Å². The van der Waals surface area contributed by atoms with Crippen molar-refractivity contribution in [3.8, 4) is 11.4 Å². The van der Waals surface area contributed by atoms with Crippen LogP contribution in [-0.4, -0.2) is 52.3 Å². The molecule has 140 valence electrons. The van der Waals surface area contributed by atoms with E-state index in [1.54, 1.807) is 0 Å².